The maximum Gasteiger partial charge on any atom is 0.250 e. The maximum atomic E-state index is 12.2. The Morgan fingerprint density at radius 2 is 1.73 bits per heavy atom. The minimum atomic E-state index is -0.139. The number of pyridine rings is 1. The third-order valence-corrected chi connectivity index (χ3v) is 3.97. The average molecular weight is 360 g/mol. The molecular weight excluding hydrogens is 336 g/mol. The molecule has 0 bridgehead atoms. The van der Waals surface area contributed by atoms with Gasteiger partial charge in [0.25, 0.3) is 5.56 Å². The fourth-order valence-electron chi connectivity index (χ4n) is 2.61. The van der Waals surface area contributed by atoms with Crippen molar-refractivity contribution in [2.45, 2.75) is 26.3 Å². The number of carbonyl (C=O) groups excluding carboxylic acids is 1. The summed E-state index contributed by atoms with van der Waals surface area (Å²) in [7, 11) is 4.65. The first-order valence-electron chi connectivity index (χ1n) is 8.31. The van der Waals surface area contributed by atoms with E-state index in [1.807, 2.05) is 19.1 Å². The first kappa shape index (κ1) is 19.4. The van der Waals surface area contributed by atoms with E-state index >= 15 is 0 Å². The van der Waals surface area contributed by atoms with Gasteiger partial charge in [-0.2, -0.15) is 0 Å². The molecule has 1 amide bonds. The van der Waals surface area contributed by atoms with E-state index < -0.39 is 0 Å². The number of benzene rings is 1. The third kappa shape index (κ3) is 4.56. The number of rotatable bonds is 8. The van der Waals surface area contributed by atoms with Crippen LogP contribution >= 0.6 is 0 Å². The SMILES string of the molecule is CCn1cc(NC(=O)CCc2cc(OC)c(OC)c(OC)c2)ccc1=O. The highest BCUT2D eigenvalue weighted by Crippen LogP contribution is 2.38. The Bertz CT molecular complexity index is 804. The number of amides is 1. The van der Waals surface area contributed by atoms with Gasteiger partial charge in [0, 0.05) is 25.2 Å². The predicted molar refractivity (Wildman–Crippen MR) is 99.4 cm³/mol. The largest absolute Gasteiger partial charge is 0.493 e. The van der Waals surface area contributed by atoms with Crippen LogP contribution in [0.2, 0.25) is 0 Å². The van der Waals surface area contributed by atoms with Gasteiger partial charge in [-0.1, -0.05) is 0 Å². The third-order valence-electron chi connectivity index (χ3n) is 3.97. The molecule has 0 aliphatic heterocycles. The summed E-state index contributed by atoms with van der Waals surface area (Å²) in [6, 6.07) is 6.70. The standard InChI is InChI=1S/C19H24N2O5/c1-5-21-12-14(7-9-18(21)23)20-17(22)8-6-13-10-15(24-2)19(26-4)16(11-13)25-3/h7,9-12H,5-6,8H2,1-4H3,(H,20,22). The van der Waals surface area contributed by atoms with E-state index in [4.69, 9.17) is 14.2 Å². The summed E-state index contributed by atoms with van der Waals surface area (Å²) in [5.74, 6) is 1.49. The van der Waals surface area contributed by atoms with Crippen LogP contribution in [0.3, 0.4) is 0 Å². The fourth-order valence-corrected chi connectivity index (χ4v) is 2.61. The normalized spacial score (nSPS) is 10.3. The van der Waals surface area contributed by atoms with Gasteiger partial charge in [0.15, 0.2) is 11.5 Å². The lowest BCUT2D eigenvalue weighted by Crippen LogP contribution is -2.19. The van der Waals surface area contributed by atoms with Gasteiger partial charge in [0.05, 0.1) is 27.0 Å². The van der Waals surface area contributed by atoms with E-state index in [2.05, 4.69) is 5.32 Å². The van der Waals surface area contributed by atoms with Gasteiger partial charge in [-0.15, -0.1) is 0 Å². The summed E-state index contributed by atoms with van der Waals surface area (Å²) >= 11 is 0. The molecule has 0 aliphatic carbocycles. The molecule has 140 valence electrons. The number of hydrogen-bond donors (Lipinski definition) is 1. The van der Waals surface area contributed by atoms with Crippen LogP contribution in [0.15, 0.2) is 35.3 Å². The molecule has 0 saturated carbocycles. The molecular formula is C19H24N2O5. The lowest BCUT2D eigenvalue weighted by Gasteiger charge is -2.14. The second-order valence-corrected chi connectivity index (χ2v) is 5.62. The highest BCUT2D eigenvalue weighted by molar-refractivity contribution is 5.90. The Morgan fingerprint density at radius 1 is 1.08 bits per heavy atom. The van der Waals surface area contributed by atoms with Crippen molar-refractivity contribution in [3.05, 3.63) is 46.4 Å². The summed E-state index contributed by atoms with van der Waals surface area (Å²) in [6.07, 6.45) is 2.43. The molecule has 7 nitrogen and oxygen atoms in total. The second-order valence-electron chi connectivity index (χ2n) is 5.62. The Morgan fingerprint density at radius 3 is 2.27 bits per heavy atom. The van der Waals surface area contributed by atoms with Crippen molar-refractivity contribution in [2.75, 3.05) is 26.6 Å². The number of aryl methyl sites for hydroxylation is 2. The molecule has 2 rings (SSSR count). The highest BCUT2D eigenvalue weighted by Gasteiger charge is 2.14. The monoisotopic (exact) mass is 360 g/mol. The highest BCUT2D eigenvalue weighted by atomic mass is 16.5. The van der Waals surface area contributed by atoms with Crippen LogP contribution < -0.4 is 25.1 Å². The molecule has 1 aromatic heterocycles. The summed E-state index contributed by atoms with van der Waals surface area (Å²) in [5.41, 5.74) is 1.40. The molecule has 0 fully saturated rings. The number of ether oxygens (including phenoxy) is 3. The van der Waals surface area contributed by atoms with Crippen LogP contribution in [0.25, 0.3) is 0 Å². The lowest BCUT2D eigenvalue weighted by molar-refractivity contribution is -0.116. The zero-order valence-electron chi connectivity index (χ0n) is 15.5. The number of carbonyl (C=O) groups is 1. The zero-order valence-corrected chi connectivity index (χ0v) is 15.5. The van der Waals surface area contributed by atoms with Crippen LogP contribution in [0, 0.1) is 0 Å². The van der Waals surface area contributed by atoms with Crippen molar-refractivity contribution < 1.29 is 19.0 Å². The lowest BCUT2D eigenvalue weighted by atomic mass is 10.1. The van der Waals surface area contributed by atoms with Crippen molar-refractivity contribution in [1.29, 1.82) is 0 Å². The molecule has 0 aliphatic rings. The van der Waals surface area contributed by atoms with Crippen LogP contribution in [-0.4, -0.2) is 31.8 Å². The van der Waals surface area contributed by atoms with Crippen LogP contribution in [0.4, 0.5) is 5.69 Å². The Kier molecular flexibility index (Phi) is 6.66. The van der Waals surface area contributed by atoms with Crippen LogP contribution in [-0.2, 0) is 17.8 Å². The van der Waals surface area contributed by atoms with E-state index in [0.29, 0.717) is 35.9 Å². The second kappa shape index (κ2) is 8.94. The summed E-state index contributed by atoms with van der Waals surface area (Å²) in [5, 5.41) is 2.81. The Hall–Kier alpha value is -2.96. The van der Waals surface area contributed by atoms with Gasteiger partial charge in [-0.05, 0) is 37.1 Å². The van der Waals surface area contributed by atoms with Crippen molar-refractivity contribution in [3.8, 4) is 17.2 Å². The van der Waals surface area contributed by atoms with Crippen LogP contribution in [0.1, 0.15) is 18.9 Å². The minimum Gasteiger partial charge on any atom is -0.493 e. The minimum absolute atomic E-state index is 0.0945. The van der Waals surface area contributed by atoms with Crippen molar-refractivity contribution in [3.63, 3.8) is 0 Å². The zero-order chi connectivity index (χ0) is 19.1. The number of anilines is 1. The number of methoxy groups -OCH3 is 3. The number of nitrogens with zero attached hydrogens (tertiary/aromatic N) is 1. The van der Waals surface area contributed by atoms with Gasteiger partial charge in [-0.25, -0.2) is 0 Å². The summed E-state index contributed by atoms with van der Waals surface area (Å²) < 4.78 is 17.5. The number of nitrogens with one attached hydrogen (secondary N) is 1. The molecule has 0 atom stereocenters. The van der Waals surface area contributed by atoms with Gasteiger partial charge in [0.1, 0.15) is 0 Å². The first-order valence-corrected chi connectivity index (χ1v) is 8.31. The van der Waals surface area contributed by atoms with Gasteiger partial charge in [-0.3, -0.25) is 9.59 Å². The van der Waals surface area contributed by atoms with Crippen LogP contribution in [0.5, 0.6) is 17.2 Å². The van der Waals surface area contributed by atoms with E-state index in [1.165, 1.54) is 10.6 Å². The molecule has 0 saturated heterocycles. The predicted octanol–water partition coefficient (Wildman–Crippen LogP) is 2.47. The Balaban J connectivity index is 2.06. The topological polar surface area (TPSA) is 78.8 Å². The van der Waals surface area contributed by atoms with E-state index in [9.17, 15) is 9.59 Å². The van der Waals surface area contributed by atoms with E-state index in [0.717, 1.165) is 5.56 Å². The molecule has 7 heteroatoms. The first-order chi connectivity index (χ1) is 12.5. The smallest absolute Gasteiger partial charge is 0.250 e. The maximum absolute atomic E-state index is 12.2. The summed E-state index contributed by atoms with van der Waals surface area (Å²) in [6.45, 7) is 2.42. The van der Waals surface area contributed by atoms with E-state index in [1.54, 1.807) is 33.6 Å². The molecule has 2 aromatic rings. The van der Waals surface area contributed by atoms with Crippen molar-refractivity contribution in [1.82, 2.24) is 4.57 Å². The quantitative estimate of drug-likeness (QED) is 0.782. The molecule has 0 unspecified atom stereocenters. The number of aromatic nitrogens is 1. The molecule has 26 heavy (non-hydrogen) atoms. The van der Waals surface area contributed by atoms with Gasteiger partial charge in [0.2, 0.25) is 11.7 Å². The molecule has 1 N–H and O–H groups in total. The molecule has 1 aromatic carbocycles. The molecule has 0 radical (unpaired) electrons. The number of hydrogen-bond acceptors (Lipinski definition) is 5. The average Bonchev–Trinajstić information content (AvgIpc) is 2.66. The Labute approximate surface area is 152 Å². The van der Waals surface area contributed by atoms with Gasteiger partial charge < -0.3 is 24.1 Å². The van der Waals surface area contributed by atoms with Crippen molar-refractivity contribution in [2.24, 2.45) is 0 Å². The van der Waals surface area contributed by atoms with Gasteiger partial charge >= 0.3 is 0 Å². The van der Waals surface area contributed by atoms with E-state index in [-0.39, 0.29) is 17.9 Å². The fraction of sp³-hybridized carbons (Fsp3) is 0.368. The molecule has 0 spiro atoms. The molecule has 1 heterocycles. The van der Waals surface area contributed by atoms with Crippen molar-refractivity contribution >= 4 is 11.6 Å². The summed E-state index contributed by atoms with van der Waals surface area (Å²) in [4.78, 5) is 23.8.